The lowest BCUT2D eigenvalue weighted by Gasteiger charge is -2.28. The number of fused-ring (bicyclic) bond motifs is 1. The molecule has 0 bridgehead atoms. The van der Waals surface area contributed by atoms with Crippen molar-refractivity contribution in [1.29, 1.82) is 0 Å². The fraction of sp³-hybridized carbons (Fsp3) is 0.889. The van der Waals surface area contributed by atoms with Gasteiger partial charge in [-0.1, -0.05) is 18.2 Å². The van der Waals surface area contributed by atoms with Crippen LogP contribution in [0, 0.1) is 5.92 Å². The van der Waals surface area contributed by atoms with Crippen LogP contribution in [0.5, 0.6) is 0 Å². The molecule has 0 amide bonds. The summed E-state index contributed by atoms with van der Waals surface area (Å²) < 4.78 is 35.8. The van der Waals surface area contributed by atoms with Gasteiger partial charge in [0, 0.05) is 11.8 Å². The predicted octanol–water partition coefficient (Wildman–Crippen LogP) is 2.41. The monoisotopic (exact) mass is 238 g/mol. The molecule has 1 saturated heterocycles. The maximum atomic E-state index is 11.9. The number of alkyl halides is 3. The van der Waals surface area contributed by atoms with E-state index in [1.54, 1.807) is 0 Å². The molecular weight excluding hydrogens is 225 g/mol. The van der Waals surface area contributed by atoms with Gasteiger partial charge in [0.15, 0.2) is 5.17 Å². The molecule has 1 N–H and O–H groups in total. The third kappa shape index (κ3) is 3.03. The predicted molar refractivity (Wildman–Crippen MR) is 55.1 cm³/mol. The second kappa shape index (κ2) is 4.23. The highest BCUT2D eigenvalue weighted by Gasteiger charge is 2.33. The molecule has 1 saturated carbocycles. The number of halogens is 3. The maximum Gasteiger partial charge on any atom is 0.408 e. The number of aliphatic imine (C=N–C) groups is 1. The lowest BCUT2D eigenvalue weighted by molar-refractivity contribution is -0.118. The van der Waals surface area contributed by atoms with Gasteiger partial charge in [0.2, 0.25) is 0 Å². The van der Waals surface area contributed by atoms with Crippen molar-refractivity contribution in [2.75, 3.05) is 12.3 Å². The van der Waals surface area contributed by atoms with Gasteiger partial charge < -0.3 is 5.32 Å². The third-order valence-corrected chi connectivity index (χ3v) is 3.92. The van der Waals surface area contributed by atoms with Crippen molar-refractivity contribution >= 4 is 16.9 Å². The molecule has 1 aliphatic carbocycles. The zero-order chi connectivity index (χ0) is 10.9. The molecule has 0 aromatic rings. The van der Waals surface area contributed by atoms with Gasteiger partial charge in [0.25, 0.3) is 0 Å². The second-order valence-corrected chi connectivity index (χ2v) is 5.00. The van der Waals surface area contributed by atoms with Crippen molar-refractivity contribution in [3.8, 4) is 0 Å². The van der Waals surface area contributed by atoms with E-state index >= 15 is 0 Å². The first-order valence-electron chi connectivity index (χ1n) is 5.05. The molecule has 2 unspecified atom stereocenters. The van der Waals surface area contributed by atoms with Crippen LogP contribution in [-0.4, -0.2) is 29.7 Å². The second-order valence-electron chi connectivity index (χ2n) is 3.99. The molecule has 0 aromatic heterocycles. The van der Waals surface area contributed by atoms with E-state index in [4.69, 9.17) is 0 Å². The molecule has 1 heterocycles. The Morgan fingerprint density at radius 1 is 1.40 bits per heavy atom. The van der Waals surface area contributed by atoms with E-state index in [0.717, 1.165) is 12.2 Å². The molecule has 2 fully saturated rings. The van der Waals surface area contributed by atoms with Crippen molar-refractivity contribution in [3.63, 3.8) is 0 Å². The summed E-state index contributed by atoms with van der Waals surface area (Å²) in [6.07, 6.45) is -0.759. The number of rotatable bonds is 1. The summed E-state index contributed by atoms with van der Waals surface area (Å²) in [6.45, 7) is -1.07. The number of hydrogen-bond acceptors (Lipinski definition) is 2. The summed E-state index contributed by atoms with van der Waals surface area (Å²) in [5, 5.41) is 3.57. The Labute approximate surface area is 90.7 Å². The van der Waals surface area contributed by atoms with Gasteiger partial charge in [-0.3, -0.25) is 4.99 Å². The quantitative estimate of drug-likeness (QED) is 0.758. The van der Waals surface area contributed by atoms with E-state index in [9.17, 15) is 13.2 Å². The molecule has 2 aliphatic rings. The minimum absolute atomic E-state index is 0.359. The van der Waals surface area contributed by atoms with Crippen LogP contribution in [0.3, 0.4) is 0 Å². The number of hydrogen-bond donors (Lipinski definition) is 1. The zero-order valence-corrected chi connectivity index (χ0v) is 9.00. The van der Waals surface area contributed by atoms with Crippen LogP contribution in [0.1, 0.15) is 19.3 Å². The van der Waals surface area contributed by atoms with E-state index < -0.39 is 12.7 Å². The highest BCUT2D eigenvalue weighted by atomic mass is 32.2. The Morgan fingerprint density at radius 3 is 2.93 bits per heavy atom. The molecule has 2 rings (SSSR count). The normalized spacial score (nSPS) is 33.9. The summed E-state index contributed by atoms with van der Waals surface area (Å²) in [6, 6.07) is 0.359. The van der Waals surface area contributed by atoms with E-state index in [0.29, 0.717) is 17.1 Å². The Kier molecular flexibility index (Phi) is 3.13. The van der Waals surface area contributed by atoms with Gasteiger partial charge in [-0.2, -0.15) is 13.2 Å². The topological polar surface area (TPSA) is 24.4 Å². The first-order chi connectivity index (χ1) is 7.04. The fourth-order valence-corrected chi connectivity index (χ4v) is 3.23. The maximum absolute atomic E-state index is 11.9. The molecule has 0 spiro atoms. The van der Waals surface area contributed by atoms with Crippen LogP contribution in [0.4, 0.5) is 13.2 Å². The molecule has 6 heteroatoms. The van der Waals surface area contributed by atoms with Crippen LogP contribution in [0.2, 0.25) is 0 Å². The molecule has 0 radical (unpaired) electrons. The smallest absolute Gasteiger partial charge is 0.362 e. The summed E-state index contributed by atoms with van der Waals surface area (Å²) in [7, 11) is 0. The Hall–Kier alpha value is -0.390. The summed E-state index contributed by atoms with van der Waals surface area (Å²) in [5.74, 6) is 1.54. The Morgan fingerprint density at radius 2 is 2.20 bits per heavy atom. The van der Waals surface area contributed by atoms with Crippen LogP contribution >= 0.6 is 11.8 Å². The summed E-state index contributed by atoms with van der Waals surface area (Å²) >= 11 is 1.42. The van der Waals surface area contributed by atoms with Crippen LogP contribution in [-0.2, 0) is 0 Å². The van der Waals surface area contributed by atoms with Gasteiger partial charge in [0.1, 0.15) is 6.54 Å². The first kappa shape index (κ1) is 11.1. The lowest BCUT2D eigenvalue weighted by Crippen LogP contribution is -2.41. The van der Waals surface area contributed by atoms with Crippen LogP contribution in [0.25, 0.3) is 0 Å². The fourth-order valence-electron chi connectivity index (χ4n) is 2.07. The van der Waals surface area contributed by atoms with E-state index in [2.05, 4.69) is 10.3 Å². The van der Waals surface area contributed by atoms with Crippen molar-refractivity contribution < 1.29 is 13.2 Å². The molecule has 1 aliphatic heterocycles. The Balaban J connectivity index is 1.89. The van der Waals surface area contributed by atoms with Gasteiger partial charge in [0.05, 0.1) is 0 Å². The molecule has 2 nitrogen and oxygen atoms in total. The highest BCUT2D eigenvalue weighted by Crippen LogP contribution is 2.33. The SMILES string of the molecule is FC(F)(F)CN=C1NC2CCCC2CS1. The van der Waals surface area contributed by atoms with E-state index in [1.165, 1.54) is 24.6 Å². The number of amidine groups is 1. The zero-order valence-electron chi connectivity index (χ0n) is 8.18. The Bertz CT molecular complexity index is 265. The van der Waals surface area contributed by atoms with Crippen LogP contribution < -0.4 is 5.32 Å². The summed E-state index contributed by atoms with van der Waals surface area (Å²) in [4.78, 5) is 3.56. The van der Waals surface area contributed by atoms with Crippen molar-refractivity contribution in [3.05, 3.63) is 0 Å². The molecule has 86 valence electrons. The number of thioether (sulfide) groups is 1. The van der Waals surface area contributed by atoms with Gasteiger partial charge >= 0.3 is 6.18 Å². The average Bonchev–Trinajstić information content (AvgIpc) is 2.60. The average molecular weight is 238 g/mol. The summed E-state index contributed by atoms with van der Waals surface area (Å²) in [5.41, 5.74) is 0. The standard InChI is InChI=1S/C9H13F3N2S/c10-9(11,12)5-13-8-14-7-3-1-2-6(7)4-15-8/h6-7H,1-5H2,(H,13,14). The van der Waals surface area contributed by atoms with Gasteiger partial charge in [-0.05, 0) is 18.8 Å². The minimum Gasteiger partial charge on any atom is -0.362 e. The molecule has 15 heavy (non-hydrogen) atoms. The molecule has 2 atom stereocenters. The van der Waals surface area contributed by atoms with Crippen molar-refractivity contribution in [1.82, 2.24) is 5.32 Å². The highest BCUT2D eigenvalue weighted by molar-refractivity contribution is 8.13. The lowest BCUT2D eigenvalue weighted by atomic mass is 10.1. The van der Waals surface area contributed by atoms with Gasteiger partial charge in [-0.15, -0.1) is 0 Å². The minimum atomic E-state index is -4.19. The molecule has 0 aromatic carbocycles. The third-order valence-electron chi connectivity index (χ3n) is 2.80. The largest absolute Gasteiger partial charge is 0.408 e. The van der Waals surface area contributed by atoms with E-state index in [-0.39, 0.29) is 0 Å². The van der Waals surface area contributed by atoms with Gasteiger partial charge in [-0.25, -0.2) is 0 Å². The van der Waals surface area contributed by atoms with Crippen LogP contribution in [0.15, 0.2) is 4.99 Å². The first-order valence-corrected chi connectivity index (χ1v) is 6.04. The van der Waals surface area contributed by atoms with Crippen molar-refractivity contribution in [2.24, 2.45) is 10.9 Å². The number of nitrogens with one attached hydrogen (secondary N) is 1. The molecular formula is C9H13F3N2S. The van der Waals surface area contributed by atoms with Crippen molar-refractivity contribution in [2.45, 2.75) is 31.5 Å². The number of nitrogens with zero attached hydrogens (tertiary/aromatic N) is 1. The van der Waals surface area contributed by atoms with E-state index in [1.807, 2.05) is 0 Å².